The highest BCUT2D eigenvalue weighted by Crippen LogP contribution is 1.97. The highest BCUT2D eigenvalue weighted by Gasteiger charge is 2.12. The van der Waals surface area contributed by atoms with Crippen LogP contribution < -0.4 is 22.9 Å². The number of carboxylic acids is 3. The van der Waals surface area contributed by atoms with Crippen LogP contribution in [0.4, 0.5) is 0 Å². The van der Waals surface area contributed by atoms with Crippen LogP contribution in [0.1, 0.15) is 25.0 Å². The topological polar surface area (TPSA) is 245 Å². The summed E-state index contributed by atoms with van der Waals surface area (Å²) in [6.07, 6.45) is 5.50. The van der Waals surface area contributed by atoms with Gasteiger partial charge in [0.25, 0.3) is 0 Å². The molecule has 3 atom stereocenters. The van der Waals surface area contributed by atoms with Crippen LogP contribution in [0.25, 0.3) is 0 Å². The zero-order chi connectivity index (χ0) is 22.1. The van der Waals surface area contributed by atoms with Gasteiger partial charge in [0.2, 0.25) is 0 Å². The van der Waals surface area contributed by atoms with E-state index in [1.807, 2.05) is 0 Å². The van der Waals surface area contributed by atoms with Gasteiger partial charge in [-0.15, -0.1) is 0 Å². The van der Waals surface area contributed by atoms with Crippen molar-refractivity contribution in [3.05, 3.63) is 18.2 Å². The molecule has 0 spiro atoms. The van der Waals surface area contributed by atoms with E-state index in [1.165, 1.54) is 6.33 Å². The molecule has 0 aliphatic rings. The molecule has 0 aromatic carbocycles. The zero-order valence-corrected chi connectivity index (χ0v) is 16.3. The smallest absolute Gasteiger partial charge is 0.321 e. The highest BCUT2D eigenvalue weighted by atomic mass is 32.1. The van der Waals surface area contributed by atoms with Gasteiger partial charge in [-0.2, -0.15) is 12.6 Å². The van der Waals surface area contributed by atoms with Crippen molar-refractivity contribution in [2.24, 2.45) is 22.9 Å². The van der Waals surface area contributed by atoms with E-state index in [0.717, 1.165) is 18.5 Å². The molecule has 0 saturated carbocycles. The molecule has 162 valence electrons. The quantitative estimate of drug-likeness (QED) is 0.151. The Morgan fingerprint density at radius 1 is 1.00 bits per heavy atom. The number of thiol groups is 1. The van der Waals surface area contributed by atoms with Crippen LogP contribution in [-0.4, -0.2) is 73.6 Å². The second-order valence-corrected chi connectivity index (χ2v) is 5.95. The molecule has 1 aromatic heterocycles. The van der Waals surface area contributed by atoms with Gasteiger partial charge < -0.3 is 43.2 Å². The monoisotopic (exact) mass is 422 g/mol. The predicted molar refractivity (Wildman–Crippen MR) is 106 cm³/mol. The number of H-pyrrole nitrogens is 1. The fourth-order valence-electron chi connectivity index (χ4n) is 1.43. The van der Waals surface area contributed by atoms with Gasteiger partial charge in [-0.1, -0.05) is 6.42 Å². The van der Waals surface area contributed by atoms with E-state index in [1.54, 1.807) is 6.20 Å². The average Bonchev–Trinajstić information content (AvgIpc) is 3.14. The minimum atomic E-state index is -1.00. The van der Waals surface area contributed by atoms with E-state index in [9.17, 15) is 14.4 Å². The molecule has 28 heavy (non-hydrogen) atoms. The second-order valence-electron chi connectivity index (χ2n) is 5.58. The van der Waals surface area contributed by atoms with E-state index in [2.05, 4.69) is 22.6 Å². The number of carbonyl (C=O) groups is 3. The minimum absolute atomic E-state index is 0.190. The van der Waals surface area contributed by atoms with Gasteiger partial charge in [0.1, 0.15) is 18.1 Å². The molecule has 0 fully saturated rings. The van der Waals surface area contributed by atoms with Gasteiger partial charge in [-0.05, 0) is 19.4 Å². The first-order valence-electron chi connectivity index (χ1n) is 8.30. The number of aromatic nitrogens is 2. The molecular weight excluding hydrogens is 392 g/mol. The predicted octanol–water partition coefficient (Wildman–Crippen LogP) is -1.78. The fourth-order valence-corrected chi connectivity index (χ4v) is 1.59. The first-order valence-corrected chi connectivity index (χ1v) is 8.93. The molecule has 12 N–H and O–H groups in total. The number of carboxylic acid groups (broad SMARTS) is 3. The SMILES string of the molecule is NC(CS)C(=O)O.NC(Cc1cnc[nH]1)C(=O)O.NCCCCC(N)C(=O)O. The minimum Gasteiger partial charge on any atom is -0.480 e. The van der Waals surface area contributed by atoms with Crippen molar-refractivity contribution in [3.63, 3.8) is 0 Å². The molecule has 0 aliphatic carbocycles. The summed E-state index contributed by atoms with van der Waals surface area (Å²) in [7, 11) is 0. The third-order valence-electron chi connectivity index (χ3n) is 3.11. The lowest BCUT2D eigenvalue weighted by atomic mass is 10.1. The van der Waals surface area contributed by atoms with Gasteiger partial charge in [-0.3, -0.25) is 14.4 Å². The summed E-state index contributed by atoms with van der Waals surface area (Å²) >= 11 is 3.65. The van der Waals surface area contributed by atoms with Crippen molar-refractivity contribution >= 4 is 30.5 Å². The average molecular weight is 423 g/mol. The Morgan fingerprint density at radius 2 is 1.54 bits per heavy atom. The van der Waals surface area contributed by atoms with Gasteiger partial charge in [0.15, 0.2) is 0 Å². The summed E-state index contributed by atoms with van der Waals surface area (Å²) < 4.78 is 0. The normalized spacial score (nSPS) is 13.0. The summed E-state index contributed by atoms with van der Waals surface area (Å²) in [5, 5.41) is 24.8. The lowest BCUT2D eigenvalue weighted by Crippen LogP contribution is -2.32. The number of aromatic amines is 1. The van der Waals surface area contributed by atoms with Gasteiger partial charge in [0.05, 0.1) is 6.33 Å². The molecule has 1 aromatic rings. The lowest BCUT2D eigenvalue weighted by molar-refractivity contribution is -0.139. The molecule has 0 bridgehead atoms. The molecule has 0 radical (unpaired) electrons. The Balaban J connectivity index is 0. The molecule has 0 aliphatic heterocycles. The van der Waals surface area contributed by atoms with Crippen molar-refractivity contribution in [3.8, 4) is 0 Å². The number of nitrogens with one attached hydrogen (secondary N) is 1. The fraction of sp³-hybridized carbons (Fsp3) is 0.600. The molecule has 0 amide bonds. The maximum atomic E-state index is 10.3. The third kappa shape index (κ3) is 16.0. The van der Waals surface area contributed by atoms with Crippen LogP contribution in [0.15, 0.2) is 12.5 Å². The van der Waals surface area contributed by atoms with Crippen LogP contribution in [0.2, 0.25) is 0 Å². The van der Waals surface area contributed by atoms with E-state index in [4.69, 9.17) is 38.3 Å². The molecule has 0 saturated heterocycles. The van der Waals surface area contributed by atoms with Crippen molar-refractivity contribution < 1.29 is 29.7 Å². The first-order chi connectivity index (χ1) is 13.1. The van der Waals surface area contributed by atoms with Crippen LogP contribution in [0.5, 0.6) is 0 Å². The van der Waals surface area contributed by atoms with E-state index < -0.39 is 36.0 Å². The highest BCUT2D eigenvalue weighted by molar-refractivity contribution is 7.80. The van der Waals surface area contributed by atoms with Crippen molar-refractivity contribution in [2.75, 3.05) is 12.3 Å². The van der Waals surface area contributed by atoms with E-state index in [-0.39, 0.29) is 12.2 Å². The Hall–Kier alpha value is -2.19. The number of nitrogens with zero attached hydrogens (tertiary/aromatic N) is 1. The molecule has 1 heterocycles. The van der Waals surface area contributed by atoms with E-state index >= 15 is 0 Å². The Labute approximate surface area is 168 Å². The number of hydrogen-bond donors (Lipinski definition) is 9. The van der Waals surface area contributed by atoms with Crippen molar-refractivity contribution in [2.45, 2.75) is 43.8 Å². The number of hydrogen-bond acceptors (Lipinski definition) is 9. The number of unbranched alkanes of at least 4 members (excludes halogenated alkanes) is 1. The third-order valence-corrected chi connectivity index (χ3v) is 3.51. The molecule has 13 heteroatoms. The number of aliphatic carboxylic acids is 3. The Kier molecular flexibility index (Phi) is 17.0. The molecular formula is C15H30N6O6S. The van der Waals surface area contributed by atoms with Gasteiger partial charge in [0, 0.05) is 24.1 Å². The lowest BCUT2D eigenvalue weighted by Gasteiger charge is -2.03. The zero-order valence-electron chi connectivity index (χ0n) is 15.4. The summed E-state index contributed by atoms with van der Waals surface area (Å²) in [5.74, 6) is -2.75. The Morgan fingerprint density at radius 3 is 1.86 bits per heavy atom. The molecule has 1 rings (SSSR count). The van der Waals surface area contributed by atoms with Crippen LogP contribution in [0.3, 0.4) is 0 Å². The van der Waals surface area contributed by atoms with Gasteiger partial charge >= 0.3 is 17.9 Å². The van der Waals surface area contributed by atoms with Crippen LogP contribution in [0, 0.1) is 0 Å². The standard InChI is InChI=1S/C6H9N3O2.C6H14N2O2.C3H7NO2S/c7-5(6(10)11)1-4-2-8-3-9-4;7-4-2-1-3-5(8)6(9)10;4-2(1-7)3(5)6/h2-3,5H,1,7H2,(H,8,9)(H,10,11);5H,1-4,7-8H2,(H,9,10);2,7H,1,4H2,(H,5,6). The van der Waals surface area contributed by atoms with Crippen molar-refractivity contribution in [1.29, 1.82) is 0 Å². The maximum Gasteiger partial charge on any atom is 0.321 e. The largest absolute Gasteiger partial charge is 0.480 e. The molecule has 3 unspecified atom stereocenters. The van der Waals surface area contributed by atoms with Crippen LogP contribution in [-0.2, 0) is 20.8 Å². The van der Waals surface area contributed by atoms with Crippen LogP contribution >= 0.6 is 12.6 Å². The van der Waals surface area contributed by atoms with Gasteiger partial charge in [-0.25, -0.2) is 4.98 Å². The summed E-state index contributed by atoms with van der Waals surface area (Å²) in [4.78, 5) is 36.7. The second kappa shape index (κ2) is 16.9. The number of nitrogens with two attached hydrogens (primary N) is 4. The summed E-state index contributed by atoms with van der Waals surface area (Å²) in [6.45, 7) is 0.604. The number of rotatable bonds is 10. The summed E-state index contributed by atoms with van der Waals surface area (Å²) in [6, 6.07) is -2.38. The maximum absolute atomic E-state index is 10.3. The first kappa shape index (κ1) is 28.0. The van der Waals surface area contributed by atoms with E-state index in [0.29, 0.717) is 13.0 Å². The molecule has 12 nitrogen and oxygen atoms in total. The summed E-state index contributed by atoms with van der Waals surface area (Å²) in [5.41, 5.74) is 21.4. The van der Waals surface area contributed by atoms with Crippen molar-refractivity contribution in [1.82, 2.24) is 9.97 Å². The Bertz CT molecular complexity index is 559. The number of imidazole rings is 1.